The van der Waals surface area contributed by atoms with Crippen molar-refractivity contribution in [3.05, 3.63) is 65.2 Å². The predicted octanol–water partition coefficient (Wildman–Crippen LogP) is 3.63. The Morgan fingerprint density at radius 3 is 2.81 bits per heavy atom. The van der Waals surface area contributed by atoms with Gasteiger partial charge >= 0.3 is 0 Å². The Bertz CT molecular complexity index is 887. The summed E-state index contributed by atoms with van der Waals surface area (Å²) in [6.45, 7) is 4.18. The van der Waals surface area contributed by atoms with E-state index in [1.54, 1.807) is 6.20 Å². The van der Waals surface area contributed by atoms with E-state index in [9.17, 15) is 0 Å². The van der Waals surface area contributed by atoms with Crippen LogP contribution in [0, 0.1) is 0 Å². The van der Waals surface area contributed by atoms with Crippen molar-refractivity contribution in [2.24, 2.45) is 0 Å². The highest BCUT2D eigenvalue weighted by Crippen LogP contribution is 2.17. The van der Waals surface area contributed by atoms with Gasteiger partial charge in [-0.15, -0.1) is 0 Å². The molecule has 0 aliphatic heterocycles. The molecule has 0 atom stereocenters. The molecule has 8 heteroatoms. The number of benzene rings is 1. The molecule has 26 heavy (non-hydrogen) atoms. The zero-order valence-electron chi connectivity index (χ0n) is 14.8. The maximum Gasteiger partial charge on any atom is 0.173 e. The number of aromatic nitrogens is 4. The number of halogens is 1. The molecule has 2 aromatic heterocycles. The van der Waals surface area contributed by atoms with Gasteiger partial charge in [0.1, 0.15) is 0 Å². The van der Waals surface area contributed by atoms with Gasteiger partial charge in [-0.05, 0) is 36.8 Å². The zero-order chi connectivity index (χ0) is 18.5. The van der Waals surface area contributed by atoms with Crippen LogP contribution in [0.15, 0.2) is 48.9 Å². The number of hydrogen-bond acceptors (Lipinski definition) is 3. The van der Waals surface area contributed by atoms with Crippen LogP contribution in [-0.4, -0.2) is 36.6 Å². The van der Waals surface area contributed by atoms with E-state index in [0.29, 0.717) is 18.2 Å². The van der Waals surface area contributed by atoms with Crippen LogP contribution in [0.25, 0.3) is 0 Å². The Morgan fingerprint density at radius 1 is 1.27 bits per heavy atom. The first-order valence-electron chi connectivity index (χ1n) is 8.35. The van der Waals surface area contributed by atoms with Crippen LogP contribution in [0.4, 0.5) is 5.69 Å². The van der Waals surface area contributed by atoms with Crippen molar-refractivity contribution in [3.8, 4) is 0 Å². The fourth-order valence-corrected chi connectivity index (χ4v) is 2.89. The summed E-state index contributed by atoms with van der Waals surface area (Å²) in [4.78, 5) is 1.95. The molecule has 3 rings (SSSR count). The van der Waals surface area contributed by atoms with Crippen molar-refractivity contribution in [1.29, 1.82) is 0 Å². The average molecular weight is 389 g/mol. The largest absolute Gasteiger partial charge is 0.346 e. The van der Waals surface area contributed by atoms with E-state index < -0.39 is 0 Å². The lowest BCUT2D eigenvalue weighted by molar-refractivity contribution is 0.492. The maximum atomic E-state index is 6.20. The second-order valence-electron chi connectivity index (χ2n) is 5.97. The minimum atomic E-state index is 0.610. The third-order valence-electron chi connectivity index (χ3n) is 3.94. The van der Waals surface area contributed by atoms with E-state index in [2.05, 4.69) is 22.4 Å². The summed E-state index contributed by atoms with van der Waals surface area (Å²) in [6, 6.07) is 9.76. The fraction of sp³-hybridized carbons (Fsp3) is 0.278. The maximum absolute atomic E-state index is 6.20. The summed E-state index contributed by atoms with van der Waals surface area (Å²) in [7, 11) is 1.94. The van der Waals surface area contributed by atoms with Gasteiger partial charge in [0.25, 0.3) is 0 Å². The smallest absolute Gasteiger partial charge is 0.173 e. The summed E-state index contributed by atoms with van der Waals surface area (Å²) in [5.74, 6) is 0. The molecular formula is C18H21ClN6S. The molecule has 1 N–H and O–H groups in total. The number of thiocarbonyl (C=S) groups is 1. The summed E-state index contributed by atoms with van der Waals surface area (Å²) >= 11 is 11.7. The van der Waals surface area contributed by atoms with Crippen molar-refractivity contribution in [2.45, 2.75) is 26.6 Å². The predicted molar refractivity (Wildman–Crippen MR) is 108 cm³/mol. The zero-order valence-corrected chi connectivity index (χ0v) is 16.3. The van der Waals surface area contributed by atoms with E-state index in [4.69, 9.17) is 23.8 Å². The number of nitrogens with one attached hydrogen (secondary N) is 1. The van der Waals surface area contributed by atoms with Crippen LogP contribution in [0.2, 0.25) is 5.02 Å². The number of anilines is 1. The molecule has 0 bridgehead atoms. The molecule has 1 aromatic carbocycles. The number of nitrogens with zero attached hydrogens (tertiary/aromatic N) is 5. The molecule has 0 saturated heterocycles. The molecule has 0 saturated carbocycles. The highest BCUT2D eigenvalue weighted by atomic mass is 35.5. The summed E-state index contributed by atoms with van der Waals surface area (Å²) in [6.07, 6.45) is 5.64. The van der Waals surface area contributed by atoms with Crippen LogP contribution in [0.3, 0.4) is 0 Å². The molecule has 0 amide bonds. The van der Waals surface area contributed by atoms with Crippen molar-refractivity contribution < 1.29 is 0 Å². The number of hydrogen-bond donors (Lipinski definition) is 1. The lowest BCUT2D eigenvalue weighted by Crippen LogP contribution is -2.30. The molecule has 0 fully saturated rings. The summed E-state index contributed by atoms with van der Waals surface area (Å²) in [5.41, 5.74) is 2.84. The Labute approximate surface area is 163 Å². The molecule has 0 spiro atoms. The van der Waals surface area contributed by atoms with E-state index >= 15 is 0 Å². The number of aryl methyl sites for hydroxylation is 1. The first-order valence-corrected chi connectivity index (χ1v) is 9.14. The van der Waals surface area contributed by atoms with Gasteiger partial charge in [-0.1, -0.05) is 29.8 Å². The van der Waals surface area contributed by atoms with Crippen molar-refractivity contribution in [3.63, 3.8) is 0 Å². The standard InChI is InChI=1S/C18H21ClN6S/c1-3-24-9-8-15(22-24)12-23(2)18(26)21-16-10-20-25(13-16)11-14-6-4-5-7-17(14)19/h4-10,13H,3,11-12H2,1-2H3,(H,21,26). The summed E-state index contributed by atoms with van der Waals surface area (Å²) in [5, 5.41) is 13.4. The molecule has 6 nitrogen and oxygen atoms in total. The lowest BCUT2D eigenvalue weighted by Gasteiger charge is -2.19. The van der Waals surface area contributed by atoms with Crippen molar-refractivity contribution in [1.82, 2.24) is 24.5 Å². The van der Waals surface area contributed by atoms with Crippen molar-refractivity contribution in [2.75, 3.05) is 12.4 Å². The molecular weight excluding hydrogens is 368 g/mol. The van der Waals surface area contributed by atoms with Crippen LogP contribution in [0.5, 0.6) is 0 Å². The number of rotatable bonds is 6. The van der Waals surface area contributed by atoms with Crippen LogP contribution in [0.1, 0.15) is 18.2 Å². The third-order valence-corrected chi connectivity index (χ3v) is 4.72. The quantitative estimate of drug-likeness (QED) is 0.653. The van der Waals surface area contributed by atoms with Crippen molar-refractivity contribution >= 4 is 34.6 Å². The first kappa shape index (κ1) is 18.4. The van der Waals surface area contributed by atoms with Crippen LogP contribution >= 0.6 is 23.8 Å². The van der Waals surface area contributed by atoms with Gasteiger partial charge in [-0.2, -0.15) is 10.2 Å². The molecule has 0 unspecified atom stereocenters. The van der Waals surface area contributed by atoms with E-state index in [1.165, 1.54) is 0 Å². The highest BCUT2D eigenvalue weighted by Gasteiger charge is 2.09. The van der Waals surface area contributed by atoms with Crippen LogP contribution < -0.4 is 5.32 Å². The Balaban J connectivity index is 1.57. The Morgan fingerprint density at radius 2 is 2.08 bits per heavy atom. The molecule has 0 aliphatic carbocycles. The minimum Gasteiger partial charge on any atom is -0.346 e. The van der Waals surface area contributed by atoms with E-state index in [-0.39, 0.29) is 0 Å². The SMILES string of the molecule is CCn1ccc(CN(C)C(=S)Nc2cnn(Cc3ccccc3Cl)c2)n1. The van der Waals surface area contributed by atoms with Gasteiger partial charge in [-0.25, -0.2) is 0 Å². The van der Waals surface area contributed by atoms with Gasteiger partial charge in [-0.3, -0.25) is 9.36 Å². The molecule has 0 aliphatic rings. The molecule has 3 aromatic rings. The van der Waals surface area contributed by atoms with Gasteiger partial charge in [0.15, 0.2) is 5.11 Å². The normalized spacial score (nSPS) is 10.7. The average Bonchev–Trinajstić information content (AvgIpc) is 3.26. The van der Waals surface area contributed by atoms with E-state index in [0.717, 1.165) is 28.5 Å². The lowest BCUT2D eigenvalue weighted by atomic mass is 10.2. The first-order chi connectivity index (χ1) is 12.5. The molecule has 0 radical (unpaired) electrons. The van der Waals surface area contributed by atoms with Gasteiger partial charge in [0.2, 0.25) is 0 Å². The highest BCUT2D eigenvalue weighted by molar-refractivity contribution is 7.80. The minimum absolute atomic E-state index is 0.610. The topological polar surface area (TPSA) is 50.9 Å². The second kappa shape index (κ2) is 8.33. The summed E-state index contributed by atoms with van der Waals surface area (Å²) < 4.78 is 3.73. The van der Waals surface area contributed by atoms with Gasteiger partial charge < -0.3 is 10.2 Å². The Kier molecular flexibility index (Phi) is 5.90. The monoisotopic (exact) mass is 388 g/mol. The Hall–Kier alpha value is -2.38. The fourth-order valence-electron chi connectivity index (χ4n) is 2.51. The third kappa shape index (κ3) is 4.62. The van der Waals surface area contributed by atoms with Gasteiger partial charge in [0.05, 0.1) is 30.7 Å². The van der Waals surface area contributed by atoms with Crippen LogP contribution in [-0.2, 0) is 19.6 Å². The molecule has 136 valence electrons. The van der Waals surface area contributed by atoms with Gasteiger partial charge in [0, 0.05) is 31.0 Å². The second-order valence-corrected chi connectivity index (χ2v) is 6.76. The molecule has 2 heterocycles. The van der Waals surface area contributed by atoms with E-state index in [1.807, 2.05) is 64.0 Å².